The summed E-state index contributed by atoms with van der Waals surface area (Å²) < 4.78 is 5.62. The topological polar surface area (TPSA) is 58.6 Å². The number of aromatic nitrogens is 2. The minimum atomic E-state index is 0.0327. The monoisotopic (exact) mass is 304 g/mol. The molecule has 0 N–H and O–H groups in total. The highest BCUT2D eigenvalue weighted by molar-refractivity contribution is 5.80. The number of anilines is 1. The van der Waals surface area contributed by atoms with Crippen molar-refractivity contribution in [2.75, 3.05) is 31.1 Å². The fraction of sp³-hybridized carbons (Fsp3) is 0.688. The fourth-order valence-corrected chi connectivity index (χ4v) is 3.26. The van der Waals surface area contributed by atoms with Crippen LogP contribution in [0.5, 0.6) is 0 Å². The molecule has 3 heterocycles. The molecular weight excluding hydrogens is 280 g/mol. The molecule has 2 fully saturated rings. The van der Waals surface area contributed by atoms with Crippen LogP contribution in [0.4, 0.5) is 5.95 Å². The molecule has 6 heteroatoms. The van der Waals surface area contributed by atoms with Crippen molar-refractivity contribution in [1.82, 2.24) is 14.9 Å². The van der Waals surface area contributed by atoms with Crippen LogP contribution < -0.4 is 4.90 Å². The van der Waals surface area contributed by atoms with Crippen LogP contribution >= 0.6 is 0 Å². The first-order valence-electron chi connectivity index (χ1n) is 8.09. The second-order valence-electron chi connectivity index (χ2n) is 6.32. The van der Waals surface area contributed by atoms with Crippen molar-refractivity contribution in [2.45, 2.75) is 38.8 Å². The first-order valence-corrected chi connectivity index (χ1v) is 8.09. The highest BCUT2D eigenvalue weighted by Crippen LogP contribution is 2.24. The van der Waals surface area contributed by atoms with Crippen molar-refractivity contribution in [3.05, 3.63) is 18.5 Å². The Bertz CT molecular complexity index is 510. The lowest BCUT2D eigenvalue weighted by Crippen LogP contribution is -2.54. The first kappa shape index (κ1) is 15.2. The van der Waals surface area contributed by atoms with Crippen molar-refractivity contribution in [3.63, 3.8) is 0 Å². The molecule has 6 nitrogen and oxygen atoms in total. The lowest BCUT2D eigenvalue weighted by Gasteiger charge is -2.41. The molecule has 0 aliphatic carbocycles. The van der Waals surface area contributed by atoms with Gasteiger partial charge in [-0.1, -0.05) is 0 Å². The summed E-state index contributed by atoms with van der Waals surface area (Å²) in [6.45, 7) is 7.04. The lowest BCUT2D eigenvalue weighted by molar-refractivity contribution is -0.147. The van der Waals surface area contributed by atoms with Gasteiger partial charge in [-0.3, -0.25) is 4.79 Å². The standard InChI is InChI=1S/C16H24N4O2/c1-12-11-22-13(2)9-20(12)15(21)14-5-3-8-19(10-14)16-17-6-4-7-18-16/h4,6-7,12-14H,3,5,8-11H2,1-2H3/t12-,13-,14+/m1/s1. The Labute approximate surface area is 131 Å². The molecular formula is C16H24N4O2. The van der Waals surface area contributed by atoms with Gasteiger partial charge >= 0.3 is 0 Å². The van der Waals surface area contributed by atoms with E-state index in [1.54, 1.807) is 12.4 Å². The number of amides is 1. The zero-order chi connectivity index (χ0) is 15.5. The molecule has 0 saturated carbocycles. The van der Waals surface area contributed by atoms with Crippen molar-refractivity contribution in [2.24, 2.45) is 5.92 Å². The third kappa shape index (κ3) is 3.21. The average molecular weight is 304 g/mol. The molecule has 22 heavy (non-hydrogen) atoms. The highest BCUT2D eigenvalue weighted by atomic mass is 16.5. The predicted molar refractivity (Wildman–Crippen MR) is 83.6 cm³/mol. The van der Waals surface area contributed by atoms with E-state index in [-0.39, 0.29) is 24.0 Å². The molecule has 0 radical (unpaired) electrons. The highest BCUT2D eigenvalue weighted by Gasteiger charge is 2.34. The quantitative estimate of drug-likeness (QED) is 0.825. The minimum absolute atomic E-state index is 0.0327. The van der Waals surface area contributed by atoms with Gasteiger partial charge in [0.25, 0.3) is 0 Å². The van der Waals surface area contributed by atoms with Gasteiger partial charge in [0, 0.05) is 32.0 Å². The number of piperidine rings is 1. The molecule has 2 aliphatic rings. The van der Waals surface area contributed by atoms with Gasteiger partial charge in [0.1, 0.15) is 0 Å². The van der Waals surface area contributed by atoms with E-state index in [2.05, 4.69) is 21.8 Å². The van der Waals surface area contributed by atoms with Gasteiger partial charge in [-0.2, -0.15) is 0 Å². The summed E-state index contributed by atoms with van der Waals surface area (Å²) >= 11 is 0. The maximum absolute atomic E-state index is 12.9. The Hall–Kier alpha value is -1.69. The number of nitrogens with zero attached hydrogens (tertiary/aromatic N) is 4. The molecule has 3 atom stereocenters. The Kier molecular flexibility index (Phi) is 4.57. The van der Waals surface area contributed by atoms with Crippen LogP contribution in [-0.4, -0.2) is 59.2 Å². The molecule has 0 aromatic carbocycles. The SMILES string of the molecule is C[C@@H]1CN(C(=O)[C@H]2CCCN(c3ncccn3)C2)[C@H](C)CO1. The van der Waals surface area contributed by atoms with E-state index >= 15 is 0 Å². The number of hydrogen-bond donors (Lipinski definition) is 0. The van der Waals surface area contributed by atoms with Crippen LogP contribution in [0.2, 0.25) is 0 Å². The number of hydrogen-bond acceptors (Lipinski definition) is 5. The van der Waals surface area contributed by atoms with E-state index in [0.717, 1.165) is 25.3 Å². The summed E-state index contributed by atoms with van der Waals surface area (Å²) in [6.07, 6.45) is 5.57. The molecule has 0 spiro atoms. The summed E-state index contributed by atoms with van der Waals surface area (Å²) in [5.41, 5.74) is 0. The smallest absolute Gasteiger partial charge is 0.227 e. The van der Waals surface area contributed by atoms with E-state index in [1.165, 1.54) is 0 Å². The molecule has 0 bridgehead atoms. The van der Waals surface area contributed by atoms with Crippen LogP contribution in [0.3, 0.4) is 0 Å². The maximum Gasteiger partial charge on any atom is 0.227 e. The van der Waals surface area contributed by atoms with E-state index in [1.807, 2.05) is 17.9 Å². The molecule has 1 aromatic rings. The molecule has 2 saturated heterocycles. The summed E-state index contributed by atoms with van der Waals surface area (Å²) in [4.78, 5) is 25.6. The molecule has 1 aromatic heterocycles. The molecule has 0 unspecified atom stereocenters. The summed E-state index contributed by atoms with van der Waals surface area (Å²) in [7, 11) is 0. The number of morpholine rings is 1. The Morgan fingerprint density at radius 1 is 1.27 bits per heavy atom. The normalized spacial score (nSPS) is 29.5. The van der Waals surface area contributed by atoms with Gasteiger partial charge in [-0.05, 0) is 32.8 Å². The second kappa shape index (κ2) is 6.60. The van der Waals surface area contributed by atoms with Gasteiger partial charge in [0.2, 0.25) is 11.9 Å². The molecule has 3 rings (SSSR count). The van der Waals surface area contributed by atoms with Crippen LogP contribution in [0.1, 0.15) is 26.7 Å². The van der Waals surface area contributed by atoms with E-state index < -0.39 is 0 Å². The van der Waals surface area contributed by atoms with Crippen LogP contribution in [0, 0.1) is 5.92 Å². The Balaban J connectivity index is 1.67. The van der Waals surface area contributed by atoms with Crippen molar-refractivity contribution >= 4 is 11.9 Å². The number of ether oxygens (including phenoxy) is 1. The lowest BCUT2D eigenvalue weighted by atomic mass is 9.95. The third-order valence-electron chi connectivity index (χ3n) is 4.50. The zero-order valence-electron chi connectivity index (χ0n) is 13.3. The minimum Gasteiger partial charge on any atom is -0.375 e. The first-order chi connectivity index (χ1) is 10.6. The van der Waals surface area contributed by atoms with E-state index in [0.29, 0.717) is 19.7 Å². The van der Waals surface area contributed by atoms with Gasteiger partial charge in [0.05, 0.1) is 24.7 Å². The largest absolute Gasteiger partial charge is 0.375 e. The number of rotatable bonds is 2. The van der Waals surface area contributed by atoms with Crippen molar-refractivity contribution < 1.29 is 9.53 Å². The predicted octanol–water partition coefficient (Wildman–Crippen LogP) is 1.33. The van der Waals surface area contributed by atoms with Gasteiger partial charge < -0.3 is 14.5 Å². The summed E-state index contributed by atoms with van der Waals surface area (Å²) in [5, 5.41) is 0. The Morgan fingerprint density at radius 3 is 2.82 bits per heavy atom. The van der Waals surface area contributed by atoms with Crippen molar-refractivity contribution in [1.29, 1.82) is 0 Å². The Morgan fingerprint density at radius 2 is 2.05 bits per heavy atom. The van der Waals surface area contributed by atoms with Gasteiger partial charge in [0.15, 0.2) is 0 Å². The van der Waals surface area contributed by atoms with E-state index in [4.69, 9.17) is 4.74 Å². The zero-order valence-corrected chi connectivity index (χ0v) is 13.3. The molecule has 2 aliphatic heterocycles. The number of carbonyl (C=O) groups excluding carboxylic acids is 1. The van der Waals surface area contributed by atoms with E-state index in [9.17, 15) is 4.79 Å². The average Bonchev–Trinajstić information content (AvgIpc) is 2.57. The molecule has 1 amide bonds. The van der Waals surface area contributed by atoms with Gasteiger partial charge in [-0.25, -0.2) is 9.97 Å². The number of carbonyl (C=O) groups is 1. The fourth-order valence-electron chi connectivity index (χ4n) is 3.26. The van der Waals surface area contributed by atoms with Gasteiger partial charge in [-0.15, -0.1) is 0 Å². The summed E-state index contributed by atoms with van der Waals surface area (Å²) in [6, 6.07) is 1.97. The van der Waals surface area contributed by atoms with Crippen LogP contribution in [-0.2, 0) is 9.53 Å². The van der Waals surface area contributed by atoms with Crippen LogP contribution in [0.25, 0.3) is 0 Å². The third-order valence-corrected chi connectivity index (χ3v) is 4.50. The van der Waals surface area contributed by atoms with Crippen molar-refractivity contribution in [3.8, 4) is 0 Å². The van der Waals surface area contributed by atoms with Crippen LogP contribution in [0.15, 0.2) is 18.5 Å². The summed E-state index contributed by atoms with van der Waals surface area (Å²) in [5.74, 6) is 1.01. The maximum atomic E-state index is 12.9. The second-order valence-corrected chi connectivity index (χ2v) is 6.32. The molecule has 120 valence electrons.